The van der Waals surface area contributed by atoms with Crippen LogP contribution >= 0.6 is 11.3 Å². The van der Waals surface area contributed by atoms with Crippen molar-refractivity contribution >= 4 is 23.3 Å². The summed E-state index contributed by atoms with van der Waals surface area (Å²) in [6.07, 6.45) is 3.01. The van der Waals surface area contributed by atoms with Gasteiger partial charge in [0.1, 0.15) is 12.2 Å². The monoisotopic (exact) mass is 387 g/mol. The first-order valence-corrected chi connectivity index (χ1v) is 9.64. The van der Waals surface area contributed by atoms with Crippen LogP contribution in [0.25, 0.3) is 10.6 Å². The second kappa shape index (κ2) is 8.03. The molecule has 2 fully saturated rings. The van der Waals surface area contributed by atoms with E-state index in [0.29, 0.717) is 25.7 Å². The molecule has 0 saturated carbocycles. The zero-order chi connectivity index (χ0) is 18.6. The van der Waals surface area contributed by atoms with Crippen LogP contribution in [0.3, 0.4) is 0 Å². The number of fused-ring (bicyclic) bond motifs is 1. The molecule has 2 amide bonds. The maximum absolute atomic E-state index is 11.9. The lowest BCUT2D eigenvalue weighted by Gasteiger charge is -2.18. The van der Waals surface area contributed by atoms with Crippen LogP contribution in [0, 0.1) is 0 Å². The number of carbonyl (C=O) groups excluding carboxylic acids is 1. The molecular formula is C18H21N5O3S. The van der Waals surface area contributed by atoms with Gasteiger partial charge in [0.25, 0.3) is 0 Å². The molecule has 4 heterocycles. The van der Waals surface area contributed by atoms with E-state index in [4.69, 9.17) is 9.47 Å². The number of carbonyl (C=O) groups is 1. The number of hydrogen-bond donors (Lipinski definition) is 3. The third-order valence-electron chi connectivity index (χ3n) is 4.52. The van der Waals surface area contributed by atoms with Crippen molar-refractivity contribution < 1.29 is 14.3 Å². The first-order valence-electron chi connectivity index (χ1n) is 8.76. The van der Waals surface area contributed by atoms with Gasteiger partial charge in [-0.2, -0.15) is 0 Å². The summed E-state index contributed by atoms with van der Waals surface area (Å²) < 4.78 is 11.8. The number of aromatic nitrogens is 2. The molecule has 27 heavy (non-hydrogen) atoms. The summed E-state index contributed by atoms with van der Waals surface area (Å²) in [5.74, 6) is 0.541. The number of hydrogen-bond acceptors (Lipinski definition) is 7. The summed E-state index contributed by atoms with van der Waals surface area (Å²) in [6.45, 7) is 4.87. The fourth-order valence-corrected chi connectivity index (χ4v) is 3.98. The quantitative estimate of drug-likeness (QED) is 0.652. The molecule has 0 radical (unpaired) electrons. The van der Waals surface area contributed by atoms with E-state index in [0.717, 1.165) is 10.6 Å². The Labute approximate surface area is 161 Å². The summed E-state index contributed by atoms with van der Waals surface area (Å²) in [6, 6.07) is 5.39. The van der Waals surface area contributed by atoms with Gasteiger partial charge in [0.05, 0.1) is 35.9 Å². The van der Waals surface area contributed by atoms with E-state index in [9.17, 15) is 4.79 Å². The van der Waals surface area contributed by atoms with Gasteiger partial charge in [-0.15, -0.1) is 17.9 Å². The van der Waals surface area contributed by atoms with Crippen LogP contribution in [-0.2, 0) is 9.47 Å². The van der Waals surface area contributed by atoms with Crippen molar-refractivity contribution in [1.82, 2.24) is 20.6 Å². The fraction of sp³-hybridized carbons (Fsp3) is 0.389. The van der Waals surface area contributed by atoms with Crippen LogP contribution in [0.4, 0.5) is 10.7 Å². The van der Waals surface area contributed by atoms with Crippen LogP contribution in [0.15, 0.2) is 42.4 Å². The maximum Gasteiger partial charge on any atom is 0.315 e. The van der Waals surface area contributed by atoms with Gasteiger partial charge < -0.3 is 25.4 Å². The zero-order valence-corrected chi connectivity index (χ0v) is 15.4. The van der Waals surface area contributed by atoms with E-state index >= 15 is 0 Å². The van der Waals surface area contributed by atoms with Gasteiger partial charge in [0.2, 0.25) is 5.95 Å². The van der Waals surface area contributed by atoms with Crippen LogP contribution in [-0.4, -0.2) is 60.0 Å². The minimum atomic E-state index is -0.254. The van der Waals surface area contributed by atoms with Gasteiger partial charge in [0, 0.05) is 12.7 Å². The minimum absolute atomic E-state index is 0.0726. The van der Waals surface area contributed by atoms with Crippen LogP contribution in [0.5, 0.6) is 0 Å². The molecule has 142 valence electrons. The number of anilines is 1. The predicted molar refractivity (Wildman–Crippen MR) is 103 cm³/mol. The van der Waals surface area contributed by atoms with Gasteiger partial charge in [-0.05, 0) is 17.5 Å². The topological polar surface area (TPSA) is 97.4 Å². The molecule has 4 atom stereocenters. The van der Waals surface area contributed by atoms with E-state index in [1.54, 1.807) is 23.6 Å². The highest BCUT2D eigenvalue weighted by atomic mass is 32.1. The first kappa shape index (κ1) is 17.9. The van der Waals surface area contributed by atoms with Crippen molar-refractivity contribution in [3.8, 4) is 10.6 Å². The lowest BCUT2D eigenvalue weighted by Crippen LogP contribution is -2.48. The second-order valence-electron chi connectivity index (χ2n) is 6.34. The Hall–Kier alpha value is -2.49. The summed E-state index contributed by atoms with van der Waals surface area (Å²) in [4.78, 5) is 21.8. The second-order valence-corrected chi connectivity index (χ2v) is 7.29. The van der Waals surface area contributed by atoms with Gasteiger partial charge in [-0.1, -0.05) is 12.1 Å². The number of amides is 2. The predicted octanol–water partition coefficient (Wildman–Crippen LogP) is 1.64. The average Bonchev–Trinajstić information content (AvgIpc) is 3.41. The summed E-state index contributed by atoms with van der Waals surface area (Å²) in [5, 5.41) is 10.9. The normalized spacial score (nSPS) is 26.4. The van der Waals surface area contributed by atoms with Gasteiger partial charge >= 0.3 is 6.03 Å². The molecule has 2 aliphatic rings. The fourth-order valence-electron chi connectivity index (χ4n) is 3.29. The third kappa shape index (κ3) is 3.95. The van der Waals surface area contributed by atoms with E-state index in [-0.39, 0.29) is 30.3 Å². The van der Waals surface area contributed by atoms with Crippen molar-refractivity contribution in [3.63, 3.8) is 0 Å². The van der Waals surface area contributed by atoms with E-state index in [1.807, 2.05) is 23.6 Å². The first-order chi connectivity index (χ1) is 13.2. The smallest absolute Gasteiger partial charge is 0.315 e. The molecule has 0 spiro atoms. The maximum atomic E-state index is 11.9. The number of urea groups is 1. The Morgan fingerprint density at radius 2 is 2.11 bits per heavy atom. The summed E-state index contributed by atoms with van der Waals surface area (Å²) in [7, 11) is 0. The molecule has 2 aromatic rings. The lowest BCUT2D eigenvalue weighted by atomic mass is 10.1. The highest BCUT2D eigenvalue weighted by Gasteiger charge is 2.48. The van der Waals surface area contributed by atoms with Crippen molar-refractivity contribution in [3.05, 3.63) is 42.4 Å². The number of nitrogens with one attached hydrogen (secondary N) is 3. The van der Waals surface area contributed by atoms with Gasteiger partial charge in [-0.3, -0.25) is 0 Å². The molecule has 8 nitrogen and oxygen atoms in total. The van der Waals surface area contributed by atoms with Crippen LogP contribution < -0.4 is 16.0 Å². The molecule has 0 unspecified atom stereocenters. The Morgan fingerprint density at radius 3 is 2.89 bits per heavy atom. The third-order valence-corrected chi connectivity index (χ3v) is 5.41. The largest absolute Gasteiger partial charge is 0.371 e. The van der Waals surface area contributed by atoms with E-state index < -0.39 is 0 Å². The molecule has 3 N–H and O–H groups in total. The molecule has 2 aromatic heterocycles. The van der Waals surface area contributed by atoms with Crippen molar-refractivity contribution in [1.29, 1.82) is 0 Å². The van der Waals surface area contributed by atoms with Crippen molar-refractivity contribution in [2.24, 2.45) is 0 Å². The Balaban J connectivity index is 1.37. The van der Waals surface area contributed by atoms with Crippen LogP contribution in [0.1, 0.15) is 0 Å². The molecule has 2 aliphatic heterocycles. The summed E-state index contributed by atoms with van der Waals surface area (Å²) in [5.41, 5.74) is 0.878. The zero-order valence-electron chi connectivity index (χ0n) is 14.6. The molecule has 2 saturated heterocycles. The highest BCUT2D eigenvalue weighted by molar-refractivity contribution is 7.13. The Bertz CT molecular complexity index is 800. The summed E-state index contributed by atoms with van der Waals surface area (Å²) >= 11 is 1.63. The average molecular weight is 387 g/mol. The SMILES string of the molecule is C=CCNC(=O)N[C@@H]1CO[C@@H]2[C@@H]1OC[C@@H]2Nc1nccc(-c2cccs2)n1. The lowest BCUT2D eigenvalue weighted by molar-refractivity contribution is 0.0682. The molecule has 0 aliphatic carbocycles. The Kier molecular flexibility index (Phi) is 5.33. The highest BCUT2D eigenvalue weighted by Crippen LogP contribution is 2.29. The number of ether oxygens (including phenoxy) is 2. The number of thiophene rings is 1. The van der Waals surface area contributed by atoms with Crippen LogP contribution in [0.2, 0.25) is 0 Å². The minimum Gasteiger partial charge on any atom is -0.371 e. The molecule has 4 rings (SSSR count). The standard InChI is InChI=1S/C18H21N5O3S/c1-2-6-20-18(24)23-13-10-26-15-12(9-25-16(13)15)22-17-19-7-5-11(21-17)14-4-3-8-27-14/h2-5,7-8,12-13,15-16H,1,6,9-10H2,(H,19,21,22)(H2,20,23,24)/t12-,13+,15-,16+/m0/s1. The van der Waals surface area contributed by atoms with E-state index in [1.165, 1.54) is 0 Å². The molecule has 0 bridgehead atoms. The van der Waals surface area contributed by atoms with Gasteiger partial charge in [0.15, 0.2) is 0 Å². The van der Waals surface area contributed by atoms with Gasteiger partial charge in [-0.25, -0.2) is 14.8 Å². The number of rotatable bonds is 6. The molecule has 9 heteroatoms. The molecule has 0 aromatic carbocycles. The van der Waals surface area contributed by atoms with Crippen molar-refractivity contribution in [2.75, 3.05) is 25.1 Å². The number of nitrogens with zero attached hydrogens (tertiary/aromatic N) is 2. The Morgan fingerprint density at radius 1 is 1.30 bits per heavy atom. The molecular weight excluding hydrogens is 366 g/mol. The van der Waals surface area contributed by atoms with Crippen molar-refractivity contribution in [2.45, 2.75) is 24.3 Å². The van der Waals surface area contributed by atoms with E-state index in [2.05, 4.69) is 32.5 Å².